The maximum atomic E-state index is 13.7. The van der Waals surface area contributed by atoms with Crippen LogP contribution in [0.4, 0.5) is 14.5 Å². The Hall–Kier alpha value is -2.69. The minimum Gasteiger partial charge on any atom is -0.435 e. The Balaban J connectivity index is 2.08. The maximum absolute atomic E-state index is 13.7. The topological polar surface area (TPSA) is 48.1 Å². The van der Waals surface area contributed by atoms with Crippen molar-refractivity contribution in [1.29, 1.82) is 0 Å². The first kappa shape index (κ1) is 12.3. The highest BCUT2D eigenvalue weighted by molar-refractivity contribution is 5.86. The van der Waals surface area contributed by atoms with E-state index in [0.717, 1.165) is 17.5 Å². The van der Waals surface area contributed by atoms with Crippen LogP contribution in [0.2, 0.25) is 0 Å². The molecule has 3 rings (SSSR count). The van der Waals surface area contributed by atoms with Crippen LogP contribution in [0.3, 0.4) is 0 Å². The Morgan fingerprint density at radius 3 is 2.65 bits per heavy atom. The third-order valence-corrected chi connectivity index (χ3v) is 2.89. The molecule has 1 heterocycles. The van der Waals surface area contributed by atoms with E-state index in [1.165, 1.54) is 0 Å². The number of nitrogen functional groups attached to an aromatic ring is 1. The molecule has 0 aliphatic rings. The zero-order valence-corrected chi connectivity index (χ0v) is 10.3. The van der Waals surface area contributed by atoms with Gasteiger partial charge in [-0.2, -0.15) is 0 Å². The normalized spacial score (nSPS) is 10.7. The van der Waals surface area contributed by atoms with Gasteiger partial charge in [0.15, 0.2) is 11.6 Å². The van der Waals surface area contributed by atoms with Gasteiger partial charge in [-0.25, -0.2) is 13.8 Å². The van der Waals surface area contributed by atoms with E-state index in [9.17, 15) is 8.78 Å². The highest BCUT2D eigenvalue weighted by Crippen LogP contribution is 2.30. The van der Waals surface area contributed by atoms with Crippen LogP contribution in [0, 0.1) is 11.6 Å². The molecule has 1 aromatic heterocycles. The molecule has 2 aromatic carbocycles. The van der Waals surface area contributed by atoms with Gasteiger partial charge in [0.2, 0.25) is 5.88 Å². The summed E-state index contributed by atoms with van der Waals surface area (Å²) in [6.45, 7) is 0. The van der Waals surface area contributed by atoms with Gasteiger partial charge in [0, 0.05) is 23.7 Å². The number of pyridine rings is 1. The van der Waals surface area contributed by atoms with Crippen molar-refractivity contribution in [2.75, 3.05) is 5.73 Å². The molecule has 3 aromatic rings. The predicted molar refractivity (Wildman–Crippen MR) is 72.6 cm³/mol. The van der Waals surface area contributed by atoms with Crippen LogP contribution in [-0.4, -0.2) is 4.98 Å². The zero-order chi connectivity index (χ0) is 14.1. The van der Waals surface area contributed by atoms with Gasteiger partial charge in [0.25, 0.3) is 0 Å². The number of nitrogens with zero attached hydrogens (tertiary/aromatic N) is 1. The highest BCUT2D eigenvalue weighted by Gasteiger charge is 2.12. The second-order valence-electron chi connectivity index (χ2n) is 4.24. The van der Waals surface area contributed by atoms with Crippen LogP contribution in [0.5, 0.6) is 11.6 Å². The van der Waals surface area contributed by atoms with E-state index in [-0.39, 0.29) is 17.3 Å². The van der Waals surface area contributed by atoms with E-state index in [2.05, 4.69) is 4.98 Å². The van der Waals surface area contributed by atoms with E-state index in [1.54, 1.807) is 12.3 Å². The third-order valence-electron chi connectivity index (χ3n) is 2.89. The maximum Gasteiger partial charge on any atom is 0.227 e. The second kappa shape index (κ2) is 4.77. The molecule has 2 N–H and O–H groups in total. The number of benzene rings is 2. The molecule has 0 bridgehead atoms. The Morgan fingerprint density at radius 1 is 1.00 bits per heavy atom. The largest absolute Gasteiger partial charge is 0.435 e. The van der Waals surface area contributed by atoms with Gasteiger partial charge in [0.1, 0.15) is 5.82 Å². The van der Waals surface area contributed by atoms with Crippen LogP contribution >= 0.6 is 0 Å². The first-order valence-electron chi connectivity index (χ1n) is 5.91. The summed E-state index contributed by atoms with van der Waals surface area (Å²) < 4.78 is 32.5. The van der Waals surface area contributed by atoms with Crippen LogP contribution in [-0.2, 0) is 0 Å². The lowest BCUT2D eigenvalue weighted by Crippen LogP contribution is -1.96. The quantitative estimate of drug-likeness (QED) is 0.720. The molecular formula is C15H10F2N2O. The molecule has 20 heavy (non-hydrogen) atoms. The average Bonchev–Trinajstić information content (AvgIpc) is 2.45. The fraction of sp³-hybridized carbons (Fsp3) is 0. The fourth-order valence-electron chi connectivity index (χ4n) is 1.90. The summed E-state index contributed by atoms with van der Waals surface area (Å²) in [4.78, 5) is 4.05. The van der Waals surface area contributed by atoms with Gasteiger partial charge in [-0.05, 0) is 17.5 Å². The van der Waals surface area contributed by atoms with E-state index in [4.69, 9.17) is 10.5 Å². The van der Waals surface area contributed by atoms with E-state index in [1.807, 2.05) is 24.3 Å². The van der Waals surface area contributed by atoms with Crippen molar-refractivity contribution in [3.63, 3.8) is 0 Å². The predicted octanol–water partition coefficient (Wildman–Crippen LogP) is 3.89. The molecule has 0 atom stereocenters. The van der Waals surface area contributed by atoms with Crippen LogP contribution in [0.15, 0.2) is 48.7 Å². The van der Waals surface area contributed by atoms with Gasteiger partial charge >= 0.3 is 0 Å². The minimum atomic E-state index is -0.737. The van der Waals surface area contributed by atoms with Gasteiger partial charge in [0.05, 0.1) is 5.69 Å². The lowest BCUT2D eigenvalue weighted by atomic mass is 10.2. The van der Waals surface area contributed by atoms with Crippen molar-refractivity contribution in [2.24, 2.45) is 0 Å². The summed E-state index contributed by atoms with van der Waals surface area (Å²) in [7, 11) is 0. The molecule has 0 saturated carbocycles. The van der Waals surface area contributed by atoms with Gasteiger partial charge in [-0.3, -0.25) is 0 Å². The average molecular weight is 272 g/mol. The number of ether oxygens (including phenoxy) is 1. The van der Waals surface area contributed by atoms with E-state index < -0.39 is 11.6 Å². The first-order chi connectivity index (χ1) is 9.65. The number of aromatic nitrogens is 1. The first-order valence-corrected chi connectivity index (χ1v) is 5.91. The van der Waals surface area contributed by atoms with Crippen molar-refractivity contribution in [2.45, 2.75) is 0 Å². The molecule has 0 spiro atoms. The summed E-state index contributed by atoms with van der Waals surface area (Å²) in [5, 5.41) is 1.61. The molecule has 0 saturated heterocycles. The highest BCUT2D eigenvalue weighted by atomic mass is 19.1. The Bertz CT molecular complexity index is 785. The number of fused-ring (bicyclic) bond motifs is 1. The van der Waals surface area contributed by atoms with E-state index in [0.29, 0.717) is 5.39 Å². The van der Waals surface area contributed by atoms with Gasteiger partial charge in [-0.1, -0.05) is 18.2 Å². The summed E-state index contributed by atoms with van der Waals surface area (Å²) in [6, 6.07) is 11.0. The third kappa shape index (κ3) is 2.14. The van der Waals surface area contributed by atoms with Crippen LogP contribution in [0.1, 0.15) is 0 Å². The van der Waals surface area contributed by atoms with Crippen molar-refractivity contribution in [3.8, 4) is 11.6 Å². The van der Waals surface area contributed by atoms with Crippen molar-refractivity contribution >= 4 is 16.5 Å². The van der Waals surface area contributed by atoms with Gasteiger partial charge < -0.3 is 10.5 Å². The lowest BCUT2D eigenvalue weighted by molar-refractivity contribution is 0.428. The Labute approximate surface area is 113 Å². The van der Waals surface area contributed by atoms with E-state index >= 15 is 0 Å². The monoisotopic (exact) mass is 272 g/mol. The number of anilines is 1. The number of halogens is 2. The van der Waals surface area contributed by atoms with Crippen LogP contribution < -0.4 is 10.5 Å². The molecular weight excluding hydrogens is 262 g/mol. The van der Waals surface area contributed by atoms with Crippen molar-refractivity contribution < 1.29 is 13.5 Å². The van der Waals surface area contributed by atoms with Crippen LogP contribution in [0.25, 0.3) is 10.8 Å². The Morgan fingerprint density at radius 2 is 1.80 bits per heavy atom. The number of hydrogen-bond donors (Lipinski definition) is 1. The lowest BCUT2D eigenvalue weighted by Gasteiger charge is -2.09. The zero-order valence-electron chi connectivity index (χ0n) is 10.3. The molecule has 0 amide bonds. The number of rotatable bonds is 2. The molecule has 0 unspecified atom stereocenters. The summed E-state index contributed by atoms with van der Waals surface area (Å²) >= 11 is 0. The molecule has 100 valence electrons. The van der Waals surface area contributed by atoms with Crippen molar-refractivity contribution in [1.82, 2.24) is 4.98 Å². The molecule has 0 aliphatic heterocycles. The summed E-state index contributed by atoms with van der Waals surface area (Å²) in [6.07, 6.45) is 1.54. The number of hydrogen-bond acceptors (Lipinski definition) is 3. The smallest absolute Gasteiger partial charge is 0.227 e. The molecule has 0 radical (unpaired) electrons. The SMILES string of the molecule is Nc1cc(F)c(Oc2nccc3ccccc23)cc1F. The molecule has 3 nitrogen and oxygen atoms in total. The molecule has 0 fully saturated rings. The molecule has 5 heteroatoms. The Kier molecular flexibility index (Phi) is 2.95. The van der Waals surface area contributed by atoms with Gasteiger partial charge in [-0.15, -0.1) is 0 Å². The van der Waals surface area contributed by atoms with Crippen molar-refractivity contribution in [3.05, 3.63) is 60.3 Å². The summed E-state index contributed by atoms with van der Waals surface area (Å²) in [5.41, 5.74) is 5.02. The minimum absolute atomic E-state index is 0.214. The molecule has 0 aliphatic carbocycles. The fourth-order valence-corrected chi connectivity index (χ4v) is 1.90. The summed E-state index contributed by atoms with van der Waals surface area (Å²) in [5.74, 6) is -1.51. The standard InChI is InChI=1S/C15H10F2N2O/c16-11-8-14(12(17)7-13(11)18)20-15-10-4-2-1-3-9(10)5-6-19-15/h1-8H,18H2. The second-order valence-corrected chi connectivity index (χ2v) is 4.24. The number of nitrogens with two attached hydrogens (primary N) is 1.